The molecule has 0 saturated heterocycles. The highest BCUT2D eigenvalue weighted by Crippen LogP contribution is 2.23. The van der Waals surface area contributed by atoms with Gasteiger partial charge < -0.3 is 20.0 Å². The number of carbonyl (C=O) groups is 1. The van der Waals surface area contributed by atoms with Crippen LogP contribution in [0.25, 0.3) is 21.9 Å². The zero-order valence-electron chi connectivity index (χ0n) is 14.8. The van der Waals surface area contributed by atoms with Crippen molar-refractivity contribution in [3.8, 4) is 11.5 Å². The van der Waals surface area contributed by atoms with Crippen molar-refractivity contribution in [2.24, 2.45) is 5.73 Å². The highest BCUT2D eigenvalue weighted by molar-refractivity contribution is 5.90. The molecule has 6 heteroatoms. The summed E-state index contributed by atoms with van der Waals surface area (Å²) in [5, 5.41) is 10.2. The van der Waals surface area contributed by atoms with Gasteiger partial charge in [-0.1, -0.05) is 24.3 Å². The van der Waals surface area contributed by atoms with Crippen molar-refractivity contribution >= 4 is 27.9 Å². The van der Waals surface area contributed by atoms with Gasteiger partial charge in [0.25, 0.3) is 0 Å². The van der Waals surface area contributed by atoms with Crippen LogP contribution < -0.4 is 15.9 Å². The van der Waals surface area contributed by atoms with E-state index >= 15 is 0 Å². The topological polar surface area (TPSA) is 103 Å². The van der Waals surface area contributed by atoms with Gasteiger partial charge in [0.05, 0.1) is 10.8 Å². The number of para-hydroxylation sites is 1. The normalized spacial score (nSPS) is 12.2. The van der Waals surface area contributed by atoms with Gasteiger partial charge in [-0.2, -0.15) is 0 Å². The van der Waals surface area contributed by atoms with Gasteiger partial charge >= 0.3 is 5.97 Å². The summed E-state index contributed by atoms with van der Waals surface area (Å²) in [5.41, 5.74) is 7.40. The van der Waals surface area contributed by atoms with Gasteiger partial charge in [0.2, 0.25) is 5.43 Å². The molecule has 3 N–H and O–H groups in total. The highest BCUT2D eigenvalue weighted by Gasteiger charge is 2.17. The minimum Gasteiger partial charge on any atom is -0.508 e. The first-order valence-electron chi connectivity index (χ1n) is 8.72. The Bertz CT molecular complexity index is 1230. The molecule has 140 valence electrons. The average Bonchev–Trinajstić information content (AvgIpc) is 2.69. The molecule has 0 fully saturated rings. The van der Waals surface area contributed by atoms with Crippen LogP contribution in [0.3, 0.4) is 0 Å². The van der Waals surface area contributed by atoms with Crippen LogP contribution in [0.15, 0.2) is 75.9 Å². The van der Waals surface area contributed by atoms with Gasteiger partial charge in [0.15, 0.2) is 0 Å². The largest absolute Gasteiger partial charge is 0.508 e. The van der Waals surface area contributed by atoms with Crippen LogP contribution in [0.4, 0.5) is 0 Å². The Kier molecular flexibility index (Phi) is 4.55. The number of nitrogens with two attached hydrogens (primary N) is 1. The summed E-state index contributed by atoms with van der Waals surface area (Å²) in [6, 6.07) is 17.2. The van der Waals surface area contributed by atoms with Crippen LogP contribution in [0, 0.1) is 0 Å². The maximum Gasteiger partial charge on any atom is 0.328 e. The highest BCUT2D eigenvalue weighted by atomic mass is 16.5. The van der Waals surface area contributed by atoms with E-state index in [1.807, 2.05) is 0 Å². The summed E-state index contributed by atoms with van der Waals surface area (Å²) in [7, 11) is 0. The Hall–Kier alpha value is -3.64. The minimum absolute atomic E-state index is 0.140. The zero-order valence-corrected chi connectivity index (χ0v) is 14.8. The fraction of sp³-hybridized carbons (Fsp3) is 0.0909. The van der Waals surface area contributed by atoms with E-state index in [0.29, 0.717) is 21.9 Å². The molecular formula is C22H17NO5. The second-order valence-corrected chi connectivity index (χ2v) is 6.48. The van der Waals surface area contributed by atoms with Crippen LogP contribution >= 0.6 is 0 Å². The SMILES string of the molecule is N[C@@H](Cc1ccc(O)cc1)C(=O)Oc1ccc2c(=O)c3ccccc3oc2c1. The molecule has 0 amide bonds. The Morgan fingerprint density at radius 2 is 1.71 bits per heavy atom. The Morgan fingerprint density at radius 3 is 2.50 bits per heavy atom. The van der Waals surface area contributed by atoms with E-state index < -0.39 is 12.0 Å². The smallest absolute Gasteiger partial charge is 0.328 e. The number of hydrogen-bond donors (Lipinski definition) is 2. The molecule has 0 aliphatic heterocycles. The third-order valence-corrected chi connectivity index (χ3v) is 4.46. The molecule has 4 rings (SSSR count). The van der Waals surface area contributed by atoms with Crippen molar-refractivity contribution < 1.29 is 19.1 Å². The maximum atomic E-state index is 12.6. The van der Waals surface area contributed by atoms with Crippen molar-refractivity contribution in [2.75, 3.05) is 0 Å². The van der Waals surface area contributed by atoms with E-state index in [-0.39, 0.29) is 23.3 Å². The lowest BCUT2D eigenvalue weighted by molar-refractivity contribution is -0.135. The number of rotatable bonds is 4. The van der Waals surface area contributed by atoms with Gasteiger partial charge in [-0.15, -0.1) is 0 Å². The van der Waals surface area contributed by atoms with Crippen molar-refractivity contribution in [3.63, 3.8) is 0 Å². The standard InChI is InChI=1S/C22H17NO5/c23-18(11-13-5-7-14(24)8-6-13)22(26)27-15-9-10-17-20(12-15)28-19-4-2-1-3-16(19)21(17)25/h1-10,12,18,24H,11,23H2/t18-/m0/s1. The molecule has 0 bridgehead atoms. The Morgan fingerprint density at radius 1 is 1.00 bits per heavy atom. The first-order chi connectivity index (χ1) is 13.5. The number of hydrogen-bond acceptors (Lipinski definition) is 6. The van der Waals surface area contributed by atoms with Crippen molar-refractivity contribution in [1.29, 1.82) is 0 Å². The van der Waals surface area contributed by atoms with Gasteiger partial charge in [0.1, 0.15) is 28.7 Å². The fourth-order valence-electron chi connectivity index (χ4n) is 3.01. The number of ether oxygens (including phenoxy) is 1. The summed E-state index contributed by atoms with van der Waals surface area (Å²) in [4.78, 5) is 24.9. The van der Waals surface area contributed by atoms with E-state index in [1.54, 1.807) is 48.5 Å². The number of fused-ring (bicyclic) bond motifs is 2. The lowest BCUT2D eigenvalue weighted by Gasteiger charge is -2.12. The summed E-state index contributed by atoms with van der Waals surface area (Å²) >= 11 is 0. The molecule has 1 atom stereocenters. The molecular weight excluding hydrogens is 358 g/mol. The molecule has 0 aliphatic rings. The number of esters is 1. The van der Waals surface area contributed by atoms with Crippen LogP contribution in [0.2, 0.25) is 0 Å². The molecule has 0 radical (unpaired) electrons. The molecule has 4 aromatic rings. The van der Waals surface area contributed by atoms with E-state index in [1.165, 1.54) is 18.2 Å². The number of carbonyl (C=O) groups excluding carboxylic acids is 1. The molecule has 0 aliphatic carbocycles. The van der Waals surface area contributed by atoms with Crippen LogP contribution in [-0.2, 0) is 11.2 Å². The molecule has 0 unspecified atom stereocenters. The second kappa shape index (κ2) is 7.17. The summed E-state index contributed by atoms with van der Waals surface area (Å²) < 4.78 is 11.1. The molecule has 6 nitrogen and oxygen atoms in total. The van der Waals surface area contributed by atoms with E-state index in [0.717, 1.165) is 5.56 Å². The summed E-state index contributed by atoms with van der Waals surface area (Å²) in [5.74, 6) is -0.210. The molecule has 3 aromatic carbocycles. The van der Waals surface area contributed by atoms with Crippen LogP contribution in [0.1, 0.15) is 5.56 Å². The van der Waals surface area contributed by atoms with Gasteiger partial charge in [0, 0.05) is 6.07 Å². The van der Waals surface area contributed by atoms with Crippen LogP contribution in [-0.4, -0.2) is 17.1 Å². The lowest BCUT2D eigenvalue weighted by Crippen LogP contribution is -2.36. The second-order valence-electron chi connectivity index (χ2n) is 6.48. The quantitative estimate of drug-likeness (QED) is 0.323. The van der Waals surface area contributed by atoms with Crippen LogP contribution in [0.5, 0.6) is 11.5 Å². The number of phenolic OH excluding ortho intramolecular Hbond substituents is 1. The molecule has 28 heavy (non-hydrogen) atoms. The Balaban J connectivity index is 1.57. The number of aromatic hydroxyl groups is 1. The first kappa shape index (κ1) is 17.8. The third-order valence-electron chi connectivity index (χ3n) is 4.46. The monoisotopic (exact) mass is 375 g/mol. The van der Waals surface area contributed by atoms with Crippen molar-refractivity contribution in [3.05, 3.63) is 82.5 Å². The summed E-state index contributed by atoms with van der Waals surface area (Å²) in [6.07, 6.45) is 0.270. The maximum absolute atomic E-state index is 12.6. The van der Waals surface area contributed by atoms with E-state index in [4.69, 9.17) is 14.9 Å². The van der Waals surface area contributed by atoms with E-state index in [2.05, 4.69) is 0 Å². The Labute approximate surface area is 159 Å². The fourth-order valence-corrected chi connectivity index (χ4v) is 3.01. The first-order valence-corrected chi connectivity index (χ1v) is 8.72. The lowest BCUT2D eigenvalue weighted by atomic mass is 10.1. The minimum atomic E-state index is -0.871. The van der Waals surface area contributed by atoms with Gasteiger partial charge in [-0.3, -0.25) is 4.79 Å². The van der Waals surface area contributed by atoms with E-state index in [9.17, 15) is 14.7 Å². The molecule has 1 heterocycles. The predicted molar refractivity (Wildman–Crippen MR) is 105 cm³/mol. The van der Waals surface area contributed by atoms with Gasteiger partial charge in [-0.25, -0.2) is 4.79 Å². The average molecular weight is 375 g/mol. The van der Waals surface area contributed by atoms with Crippen molar-refractivity contribution in [1.82, 2.24) is 0 Å². The molecule has 0 saturated carbocycles. The van der Waals surface area contributed by atoms with Crippen molar-refractivity contribution in [2.45, 2.75) is 12.5 Å². The molecule has 0 spiro atoms. The molecule has 1 aromatic heterocycles. The number of phenols is 1. The van der Waals surface area contributed by atoms with Gasteiger partial charge in [-0.05, 0) is 48.4 Å². The number of benzene rings is 3. The summed E-state index contributed by atoms with van der Waals surface area (Å²) in [6.45, 7) is 0. The predicted octanol–water partition coefficient (Wildman–Crippen LogP) is 3.13. The zero-order chi connectivity index (χ0) is 19.7. The third kappa shape index (κ3) is 3.45.